The maximum absolute atomic E-state index is 5.60. The molecule has 1 saturated heterocycles. The van der Waals surface area contributed by atoms with Crippen molar-refractivity contribution >= 4 is 5.95 Å². The molecule has 5 heteroatoms. The monoisotopic (exact) mass is 250 g/mol. The predicted octanol–water partition coefficient (Wildman–Crippen LogP) is 1.08. The van der Waals surface area contributed by atoms with E-state index in [4.69, 9.17) is 4.74 Å². The van der Waals surface area contributed by atoms with E-state index in [0.29, 0.717) is 11.9 Å². The summed E-state index contributed by atoms with van der Waals surface area (Å²) >= 11 is 0. The molecule has 0 amide bonds. The van der Waals surface area contributed by atoms with Crippen LogP contribution in [0, 0.1) is 5.92 Å². The summed E-state index contributed by atoms with van der Waals surface area (Å²) in [6, 6.07) is 0. The summed E-state index contributed by atoms with van der Waals surface area (Å²) in [4.78, 5) is 8.64. The van der Waals surface area contributed by atoms with Crippen molar-refractivity contribution in [1.82, 2.24) is 15.3 Å². The number of hydrogen-bond acceptors (Lipinski definition) is 5. The fourth-order valence-corrected chi connectivity index (χ4v) is 1.98. The van der Waals surface area contributed by atoms with Crippen LogP contribution in [-0.4, -0.2) is 42.3 Å². The minimum atomic E-state index is 0.206. The standard InChI is InChI=1S/C13H22N4O/c1-10(2)5-11-6-15-13(16-7-11)17-9-12-8-14-3-4-18-12/h6-7,10,12,14H,3-5,8-9H2,1-2H3,(H,15,16,17). The summed E-state index contributed by atoms with van der Waals surface area (Å²) in [6.45, 7) is 7.74. The Balaban J connectivity index is 1.78. The molecule has 1 aromatic rings. The van der Waals surface area contributed by atoms with Gasteiger partial charge in [-0.3, -0.25) is 0 Å². The number of ether oxygens (including phenoxy) is 1. The van der Waals surface area contributed by atoms with E-state index in [1.807, 2.05) is 12.4 Å². The first-order valence-electron chi connectivity index (χ1n) is 6.61. The molecule has 2 rings (SSSR count). The molecule has 0 aliphatic carbocycles. The highest BCUT2D eigenvalue weighted by Crippen LogP contribution is 2.07. The molecule has 0 spiro atoms. The van der Waals surface area contributed by atoms with Gasteiger partial charge in [0.25, 0.3) is 0 Å². The summed E-state index contributed by atoms with van der Waals surface area (Å²) in [6.07, 6.45) is 5.03. The molecular weight excluding hydrogens is 228 g/mol. The lowest BCUT2D eigenvalue weighted by Gasteiger charge is -2.23. The van der Waals surface area contributed by atoms with Crippen LogP contribution in [0.25, 0.3) is 0 Å². The van der Waals surface area contributed by atoms with Crippen molar-refractivity contribution < 1.29 is 4.74 Å². The van der Waals surface area contributed by atoms with E-state index < -0.39 is 0 Å². The minimum Gasteiger partial charge on any atom is -0.374 e. The molecule has 100 valence electrons. The van der Waals surface area contributed by atoms with Crippen molar-refractivity contribution in [2.75, 3.05) is 31.6 Å². The van der Waals surface area contributed by atoms with Crippen LogP contribution in [0.4, 0.5) is 5.95 Å². The maximum atomic E-state index is 5.60. The van der Waals surface area contributed by atoms with Gasteiger partial charge < -0.3 is 15.4 Å². The van der Waals surface area contributed by atoms with Gasteiger partial charge >= 0.3 is 0 Å². The number of nitrogens with zero attached hydrogens (tertiary/aromatic N) is 2. The quantitative estimate of drug-likeness (QED) is 0.819. The fourth-order valence-electron chi connectivity index (χ4n) is 1.98. The van der Waals surface area contributed by atoms with E-state index in [9.17, 15) is 0 Å². The Morgan fingerprint density at radius 1 is 1.44 bits per heavy atom. The molecule has 18 heavy (non-hydrogen) atoms. The third-order valence-corrected chi connectivity index (χ3v) is 2.84. The van der Waals surface area contributed by atoms with Crippen LogP contribution in [-0.2, 0) is 11.2 Å². The third kappa shape index (κ3) is 4.23. The van der Waals surface area contributed by atoms with E-state index in [1.165, 1.54) is 5.56 Å². The lowest BCUT2D eigenvalue weighted by atomic mass is 10.1. The minimum absolute atomic E-state index is 0.206. The van der Waals surface area contributed by atoms with Crippen molar-refractivity contribution in [3.8, 4) is 0 Å². The van der Waals surface area contributed by atoms with Gasteiger partial charge in [-0.05, 0) is 17.9 Å². The number of rotatable bonds is 5. The van der Waals surface area contributed by atoms with Gasteiger partial charge in [-0.1, -0.05) is 13.8 Å². The van der Waals surface area contributed by atoms with Crippen molar-refractivity contribution in [1.29, 1.82) is 0 Å². The van der Waals surface area contributed by atoms with Crippen molar-refractivity contribution in [2.24, 2.45) is 5.92 Å². The van der Waals surface area contributed by atoms with Gasteiger partial charge in [0.2, 0.25) is 5.95 Å². The number of aromatic nitrogens is 2. The molecule has 0 bridgehead atoms. The number of hydrogen-bond donors (Lipinski definition) is 2. The van der Waals surface area contributed by atoms with E-state index in [2.05, 4.69) is 34.4 Å². The average Bonchev–Trinajstić information content (AvgIpc) is 2.38. The molecule has 1 atom stereocenters. The highest BCUT2D eigenvalue weighted by Gasteiger charge is 2.13. The Kier molecular flexibility index (Phi) is 4.90. The average molecular weight is 250 g/mol. The normalized spacial score (nSPS) is 20.1. The Hall–Kier alpha value is -1.20. The molecule has 2 N–H and O–H groups in total. The fraction of sp³-hybridized carbons (Fsp3) is 0.692. The molecule has 1 aromatic heterocycles. The Labute approximate surface area is 108 Å². The largest absolute Gasteiger partial charge is 0.374 e. The van der Waals surface area contributed by atoms with E-state index >= 15 is 0 Å². The zero-order valence-corrected chi connectivity index (χ0v) is 11.1. The highest BCUT2D eigenvalue weighted by atomic mass is 16.5. The first kappa shape index (κ1) is 13.2. The predicted molar refractivity (Wildman–Crippen MR) is 71.7 cm³/mol. The topological polar surface area (TPSA) is 59.1 Å². The van der Waals surface area contributed by atoms with Gasteiger partial charge in [0.05, 0.1) is 12.7 Å². The van der Waals surface area contributed by atoms with E-state index in [0.717, 1.165) is 32.7 Å². The van der Waals surface area contributed by atoms with Gasteiger partial charge in [0.15, 0.2) is 0 Å². The Morgan fingerprint density at radius 3 is 2.83 bits per heavy atom. The van der Waals surface area contributed by atoms with Gasteiger partial charge in [0, 0.05) is 32.0 Å². The zero-order chi connectivity index (χ0) is 12.8. The van der Waals surface area contributed by atoms with Gasteiger partial charge in [0.1, 0.15) is 0 Å². The number of morpholine rings is 1. The first-order chi connectivity index (χ1) is 8.74. The summed E-state index contributed by atoms with van der Waals surface area (Å²) in [5.41, 5.74) is 1.19. The smallest absolute Gasteiger partial charge is 0.222 e. The van der Waals surface area contributed by atoms with E-state index in [1.54, 1.807) is 0 Å². The molecule has 0 radical (unpaired) electrons. The second-order valence-corrected chi connectivity index (χ2v) is 5.09. The van der Waals surface area contributed by atoms with Crippen LogP contribution in [0.15, 0.2) is 12.4 Å². The third-order valence-electron chi connectivity index (χ3n) is 2.84. The summed E-state index contributed by atoms with van der Waals surface area (Å²) in [5, 5.41) is 6.50. The van der Waals surface area contributed by atoms with Gasteiger partial charge in [-0.2, -0.15) is 0 Å². The molecule has 2 heterocycles. The molecule has 5 nitrogen and oxygen atoms in total. The van der Waals surface area contributed by atoms with Crippen molar-refractivity contribution in [3.05, 3.63) is 18.0 Å². The summed E-state index contributed by atoms with van der Waals surface area (Å²) in [7, 11) is 0. The van der Waals surface area contributed by atoms with Crippen LogP contribution in [0.2, 0.25) is 0 Å². The van der Waals surface area contributed by atoms with Crippen LogP contribution in [0.1, 0.15) is 19.4 Å². The van der Waals surface area contributed by atoms with Gasteiger partial charge in [-0.25, -0.2) is 9.97 Å². The molecule has 1 fully saturated rings. The lowest BCUT2D eigenvalue weighted by molar-refractivity contribution is 0.0371. The highest BCUT2D eigenvalue weighted by molar-refractivity contribution is 5.25. The first-order valence-corrected chi connectivity index (χ1v) is 6.61. The van der Waals surface area contributed by atoms with Crippen molar-refractivity contribution in [2.45, 2.75) is 26.4 Å². The number of anilines is 1. The van der Waals surface area contributed by atoms with Gasteiger partial charge in [-0.15, -0.1) is 0 Å². The second-order valence-electron chi connectivity index (χ2n) is 5.09. The number of nitrogens with one attached hydrogen (secondary N) is 2. The molecule has 1 aliphatic heterocycles. The Morgan fingerprint density at radius 2 is 2.22 bits per heavy atom. The molecule has 0 saturated carbocycles. The Bertz CT molecular complexity index is 347. The summed E-state index contributed by atoms with van der Waals surface area (Å²) < 4.78 is 5.60. The maximum Gasteiger partial charge on any atom is 0.222 e. The SMILES string of the molecule is CC(C)Cc1cnc(NCC2CNCCO2)nc1. The molecule has 1 aliphatic rings. The summed E-state index contributed by atoms with van der Waals surface area (Å²) in [5.74, 6) is 1.31. The van der Waals surface area contributed by atoms with Crippen LogP contribution >= 0.6 is 0 Å². The molecule has 0 aromatic carbocycles. The zero-order valence-electron chi connectivity index (χ0n) is 11.1. The van der Waals surface area contributed by atoms with Crippen LogP contribution in [0.3, 0.4) is 0 Å². The second kappa shape index (κ2) is 6.66. The van der Waals surface area contributed by atoms with E-state index in [-0.39, 0.29) is 6.10 Å². The lowest BCUT2D eigenvalue weighted by Crippen LogP contribution is -2.42. The van der Waals surface area contributed by atoms with Crippen LogP contribution < -0.4 is 10.6 Å². The van der Waals surface area contributed by atoms with Crippen molar-refractivity contribution in [3.63, 3.8) is 0 Å². The van der Waals surface area contributed by atoms with Crippen LogP contribution in [0.5, 0.6) is 0 Å². The molecule has 1 unspecified atom stereocenters. The molecular formula is C13H22N4O.